The molecule has 110 valence electrons. The van der Waals surface area contributed by atoms with Gasteiger partial charge in [0.15, 0.2) is 5.96 Å². The van der Waals surface area contributed by atoms with Crippen molar-refractivity contribution in [2.75, 3.05) is 11.9 Å². The molecule has 0 aromatic heterocycles. The van der Waals surface area contributed by atoms with Gasteiger partial charge in [0.1, 0.15) is 0 Å². The van der Waals surface area contributed by atoms with Crippen molar-refractivity contribution in [1.82, 2.24) is 0 Å². The number of carbonyl (C=O) groups is 1. The number of nitrogens with one attached hydrogen (secondary N) is 1. The van der Waals surface area contributed by atoms with Crippen LogP contribution in [0.1, 0.15) is 32.8 Å². The van der Waals surface area contributed by atoms with Crippen molar-refractivity contribution in [3.8, 4) is 0 Å². The molecular weight excluding hydrogens is 254 g/mol. The first-order chi connectivity index (χ1) is 9.51. The summed E-state index contributed by atoms with van der Waals surface area (Å²) in [5, 5.41) is 2.98. The second-order valence-electron chi connectivity index (χ2n) is 4.73. The van der Waals surface area contributed by atoms with Crippen LogP contribution in [0.25, 0.3) is 0 Å². The Morgan fingerprint density at radius 1 is 1.35 bits per heavy atom. The van der Waals surface area contributed by atoms with Gasteiger partial charge in [0, 0.05) is 5.69 Å². The van der Waals surface area contributed by atoms with Crippen LogP contribution in [-0.2, 0) is 16.0 Å². The molecule has 0 aliphatic heterocycles. The zero-order chi connectivity index (χ0) is 15.0. The predicted octanol–water partition coefficient (Wildman–Crippen LogP) is 2.32. The van der Waals surface area contributed by atoms with Crippen LogP contribution in [0.4, 0.5) is 5.69 Å². The molecule has 20 heavy (non-hydrogen) atoms. The van der Waals surface area contributed by atoms with Crippen LogP contribution in [0, 0.1) is 0 Å². The molecule has 1 rings (SSSR count). The molecule has 0 aliphatic rings. The molecule has 5 heteroatoms. The Morgan fingerprint density at radius 3 is 2.55 bits per heavy atom. The summed E-state index contributed by atoms with van der Waals surface area (Å²) in [6.45, 7) is 6.06. The van der Waals surface area contributed by atoms with Gasteiger partial charge in [-0.25, -0.2) is 0 Å². The Hall–Kier alpha value is -2.04. The molecule has 0 aliphatic carbocycles. The van der Waals surface area contributed by atoms with Gasteiger partial charge in [0.25, 0.3) is 0 Å². The highest BCUT2D eigenvalue weighted by molar-refractivity contribution is 5.92. The molecular formula is C15H23N3O2. The number of nitrogens with zero attached hydrogens (tertiary/aromatic N) is 1. The number of rotatable bonds is 6. The minimum atomic E-state index is -0.260. The zero-order valence-corrected chi connectivity index (χ0v) is 12.3. The highest BCUT2D eigenvalue weighted by atomic mass is 16.5. The Balaban J connectivity index is 2.39. The van der Waals surface area contributed by atoms with Crippen molar-refractivity contribution in [2.45, 2.75) is 39.7 Å². The molecule has 0 radical (unpaired) electrons. The van der Waals surface area contributed by atoms with Crippen LogP contribution in [0.2, 0.25) is 0 Å². The van der Waals surface area contributed by atoms with Gasteiger partial charge in [0.2, 0.25) is 0 Å². The Morgan fingerprint density at radius 2 is 2.00 bits per heavy atom. The van der Waals surface area contributed by atoms with Crippen LogP contribution in [0.5, 0.6) is 0 Å². The summed E-state index contributed by atoms with van der Waals surface area (Å²) in [7, 11) is 0. The summed E-state index contributed by atoms with van der Waals surface area (Å²) in [6, 6.07) is 7.98. The van der Waals surface area contributed by atoms with Crippen LogP contribution in [0.15, 0.2) is 29.3 Å². The maximum atomic E-state index is 11.3. The monoisotopic (exact) mass is 277 g/mol. The molecule has 1 aromatic carbocycles. The third-order valence-electron chi connectivity index (χ3n) is 2.60. The van der Waals surface area contributed by atoms with Gasteiger partial charge in [-0.3, -0.25) is 9.79 Å². The number of hydrogen-bond donors (Lipinski definition) is 2. The lowest BCUT2D eigenvalue weighted by molar-refractivity contribution is -0.147. The highest BCUT2D eigenvalue weighted by Gasteiger charge is 2.04. The van der Waals surface area contributed by atoms with E-state index in [1.807, 2.05) is 38.1 Å². The normalized spacial score (nSPS) is 11.5. The number of esters is 1. The van der Waals surface area contributed by atoms with E-state index in [-0.39, 0.29) is 18.5 Å². The molecule has 0 atom stereocenters. The number of carbonyl (C=O) groups excluding carboxylic acids is 1. The minimum Gasteiger partial charge on any atom is -0.463 e. The molecule has 0 amide bonds. The number of anilines is 1. The number of aliphatic imine (C=N–C) groups is 1. The van der Waals surface area contributed by atoms with Gasteiger partial charge >= 0.3 is 5.97 Å². The van der Waals surface area contributed by atoms with E-state index >= 15 is 0 Å². The average Bonchev–Trinajstić information content (AvgIpc) is 2.38. The van der Waals surface area contributed by atoms with E-state index in [0.717, 1.165) is 12.1 Å². The summed E-state index contributed by atoms with van der Waals surface area (Å²) in [5.74, 6) is 0.0374. The molecule has 0 bridgehead atoms. The van der Waals surface area contributed by atoms with Crippen molar-refractivity contribution in [3.63, 3.8) is 0 Å². The average molecular weight is 277 g/mol. The van der Waals surface area contributed by atoms with E-state index in [4.69, 9.17) is 10.5 Å². The van der Waals surface area contributed by atoms with E-state index in [0.29, 0.717) is 12.5 Å². The molecule has 1 aromatic rings. The fourth-order valence-corrected chi connectivity index (χ4v) is 1.60. The van der Waals surface area contributed by atoms with Gasteiger partial charge in [-0.15, -0.1) is 0 Å². The topological polar surface area (TPSA) is 76.7 Å². The number of ether oxygens (including phenoxy) is 1. The fraction of sp³-hybridized carbons (Fsp3) is 0.467. The van der Waals surface area contributed by atoms with Gasteiger partial charge in [-0.1, -0.05) is 19.1 Å². The summed E-state index contributed by atoms with van der Waals surface area (Å²) in [4.78, 5) is 15.4. The molecule has 0 unspecified atom stereocenters. The molecule has 0 saturated carbocycles. The molecule has 5 nitrogen and oxygen atoms in total. The Labute approximate surface area is 120 Å². The molecule has 0 saturated heterocycles. The number of nitrogens with two attached hydrogens (primary N) is 1. The SMILES string of the molecule is CCc1ccc(NC(N)=NCCC(=O)OC(C)C)cc1. The van der Waals surface area contributed by atoms with Crippen LogP contribution < -0.4 is 11.1 Å². The van der Waals surface area contributed by atoms with Crippen LogP contribution >= 0.6 is 0 Å². The lowest BCUT2D eigenvalue weighted by Gasteiger charge is -2.08. The van der Waals surface area contributed by atoms with Gasteiger partial charge < -0.3 is 15.8 Å². The van der Waals surface area contributed by atoms with Crippen molar-refractivity contribution in [2.24, 2.45) is 10.7 Å². The predicted molar refractivity (Wildman–Crippen MR) is 81.8 cm³/mol. The second kappa shape index (κ2) is 8.19. The first-order valence-electron chi connectivity index (χ1n) is 6.86. The third kappa shape index (κ3) is 6.22. The van der Waals surface area contributed by atoms with E-state index < -0.39 is 0 Å². The van der Waals surface area contributed by atoms with E-state index in [2.05, 4.69) is 17.2 Å². The second-order valence-corrected chi connectivity index (χ2v) is 4.73. The molecule has 3 N–H and O–H groups in total. The van der Waals surface area contributed by atoms with E-state index in [9.17, 15) is 4.79 Å². The summed E-state index contributed by atoms with van der Waals surface area (Å²) in [5.41, 5.74) is 7.90. The Kier molecular flexibility index (Phi) is 6.56. The van der Waals surface area contributed by atoms with E-state index in [1.165, 1.54) is 5.56 Å². The number of hydrogen-bond acceptors (Lipinski definition) is 3. The maximum Gasteiger partial charge on any atom is 0.307 e. The van der Waals surface area contributed by atoms with Crippen molar-refractivity contribution < 1.29 is 9.53 Å². The summed E-state index contributed by atoms with van der Waals surface area (Å²) >= 11 is 0. The van der Waals surface area contributed by atoms with Crippen LogP contribution in [0.3, 0.4) is 0 Å². The minimum absolute atomic E-state index is 0.0981. The standard InChI is InChI=1S/C15H23N3O2/c1-4-12-5-7-13(8-6-12)18-15(16)17-10-9-14(19)20-11(2)3/h5-8,11H,4,9-10H2,1-3H3,(H3,16,17,18). The highest BCUT2D eigenvalue weighted by Crippen LogP contribution is 2.09. The lowest BCUT2D eigenvalue weighted by Crippen LogP contribution is -2.23. The number of aryl methyl sites for hydroxylation is 1. The number of guanidine groups is 1. The van der Waals surface area contributed by atoms with Crippen molar-refractivity contribution in [1.29, 1.82) is 0 Å². The maximum absolute atomic E-state index is 11.3. The summed E-state index contributed by atoms with van der Waals surface area (Å²) in [6.07, 6.45) is 1.14. The third-order valence-corrected chi connectivity index (χ3v) is 2.60. The quantitative estimate of drug-likeness (QED) is 0.475. The fourth-order valence-electron chi connectivity index (χ4n) is 1.60. The lowest BCUT2D eigenvalue weighted by atomic mass is 10.1. The first-order valence-corrected chi connectivity index (χ1v) is 6.86. The summed E-state index contributed by atoms with van der Waals surface area (Å²) < 4.78 is 5.01. The van der Waals surface area contributed by atoms with E-state index in [1.54, 1.807) is 0 Å². The molecule has 0 spiro atoms. The number of benzene rings is 1. The van der Waals surface area contributed by atoms with Gasteiger partial charge in [0.05, 0.1) is 19.1 Å². The Bertz CT molecular complexity index is 453. The van der Waals surface area contributed by atoms with Crippen molar-refractivity contribution in [3.05, 3.63) is 29.8 Å². The largest absolute Gasteiger partial charge is 0.463 e. The van der Waals surface area contributed by atoms with Crippen molar-refractivity contribution >= 4 is 17.6 Å². The first kappa shape index (κ1) is 16.0. The van der Waals surface area contributed by atoms with Gasteiger partial charge in [-0.05, 0) is 38.0 Å². The van der Waals surface area contributed by atoms with Crippen LogP contribution in [-0.4, -0.2) is 24.6 Å². The smallest absolute Gasteiger partial charge is 0.307 e. The van der Waals surface area contributed by atoms with Gasteiger partial charge in [-0.2, -0.15) is 0 Å². The zero-order valence-electron chi connectivity index (χ0n) is 12.3. The molecule has 0 heterocycles. The molecule has 0 fully saturated rings.